The average molecular weight is 474 g/mol. The van der Waals surface area contributed by atoms with Crippen LogP contribution in [0.15, 0.2) is 54.6 Å². The predicted molar refractivity (Wildman–Crippen MR) is 139 cm³/mol. The van der Waals surface area contributed by atoms with Crippen molar-refractivity contribution in [2.75, 3.05) is 46.8 Å². The number of aromatic nitrogens is 1. The molecule has 1 atom stereocenters. The van der Waals surface area contributed by atoms with E-state index in [-0.39, 0.29) is 11.7 Å². The highest BCUT2D eigenvalue weighted by Gasteiger charge is 2.32. The minimum Gasteiger partial charge on any atom is -0.506 e. The molecule has 2 heterocycles. The number of phenols is 1. The van der Waals surface area contributed by atoms with Crippen LogP contribution in [0, 0.1) is 5.92 Å². The van der Waals surface area contributed by atoms with E-state index in [9.17, 15) is 9.90 Å². The maximum Gasteiger partial charge on any atom is 0.272 e. The average Bonchev–Trinajstić information content (AvgIpc) is 3.31. The highest BCUT2D eigenvalue weighted by atomic mass is 16.3. The van der Waals surface area contributed by atoms with Crippen LogP contribution in [-0.2, 0) is 12.8 Å². The molecule has 6 nitrogen and oxygen atoms in total. The number of amides is 1. The summed E-state index contributed by atoms with van der Waals surface area (Å²) >= 11 is 0. The quantitative estimate of drug-likeness (QED) is 0.553. The third-order valence-electron chi connectivity index (χ3n) is 7.66. The number of nitrogens with one attached hydrogen (secondary N) is 1. The lowest BCUT2D eigenvalue weighted by Crippen LogP contribution is -3.06. The van der Waals surface area contributed by atoms with Crippen molar-refractivity contribution in [3.8, 4) is 5.75 Å². The zero-order valence-electron chi connectivity index (χ0n) is 20.9. The third kappa shape index (κ3) is 5.34. The van der Waals surface area contributed by atoms with E-state index in [0.29, 0.717) is 29.7 Å². The van der Waals surface area contributed by atoms with E-state index in [4.69, 9.17) is 0 Å². The first-order valence-electron chi connectivity index (χ1n) is 13.0. The fourth-order valence-corrected chi connectivity index (χ4v) is 5.73. The van der Waals surface area contributed by atoms with Gasteiger partial charge in [0.05, 0.1) is 27.2 Å². The van der Waals surface area contributed by atoms with Gasteiger partial charge in [-0.2, -0.15) is 0 Å². The molecule has 0 bridgehead atoms. The summed E-state index contributed by atoms with van der Waals surface area (Å²) in [5, 5.41) is 11.1. The first kappa shape index (κ1) is 23.8. The van der Waals surface area contributed by atoms with Crippen LogP contribution in [-0.4, -0.2) is 78.7 Å². The topological polar surface area (TPSA) is 61.1 Å². The Morgan fingerprint density at radius 3 is 2.60 bits per heavy atom. The van der Waals surface area contributed by atoms with Gasteiger partial charge in [0.15, 0.2) is 0 Å². The third-order valence-corrected chi connectivity index (χ3v) is 7.66. The molecule has 1 amide bonds. The van der Waals surface area contributed by atoms with E-state index in [1.807, 2.05) is 17.0 Å². The number of hydrogen-bond donors (Lipinski definition) is 2. The second-order valence-electron chi connectivity index (χ2n) is 10.6. The number of likely N-dealkylation sites (N-methyl/N-ethyl adjacent to an activating group) is 1. The number of para-hydroxylation sites is 1. The Balaban J connectivity index is 1.30. The van der Waals surface area contributed by atoms with Gasteiger partial charge in [0.25, 0.3) is 5.91 Å². The van der Waals surface area contributed by atoms with Gasteiger partial charge in [-0.25, -0.2) is 4.98 Å². The van der Waals surface area contributed by atoms with Crippen molar-refractivity contribution >= 4 is 16.8 Å². The summed E-state index contributed by atoms with van der Waals surface area (Å²) in [5.74, 6) is 0.533. The molecule has 1 fully saturated rings. The standard InChI is InChI=1S/C29H36N4O2/c1-31(2)15-16-33(29(35)26-13-12-22-10-5-11-27(34)28(22)30-26)20-21-7-6-14-32(19-21)25-17-23-8-3-4-9-24(23)18-25/h3-5,8-13,21,25,34H,6-7,14-20H2,1-2H3/p+1/t21-/m1/s1. The van der Waals surface area contributed by atoms with Crippen molar-refractivity contribution < 1.29 is 14.8 Å². The molecule has 1 aliphatic carbocycles. The molecular weight excluding hydrogens is 436 g/mol. The number of phenolic OH excluding ortho intramolecular Hbond substituents is 1. The molecule has 35 heavy (non-hydrogen) atoms. The van der Waals surface area contributed by atoms with Crippen LogP contribution in [0.5, 0.6) is 5.75 Å². The van der Waals surface area contributed by atoms with Crippen molar-refractivity contribution in [2.24, 2.45) is 5.92 Å². The van der Waals surface area contributed by atoms with Crippen LogP contribution in [0.1, 0.15) is 34.5 Å². The van der Waals surface area contributed by atoms with Crippen molar-refractivity contribution in [1.29, 1.82) is 0 Å². The fraction of sp³-hybridized carbons (Fsp3) is 0.448. The number of fused-ring (bicyclic) bond motifs is 2. The number of carbonyl (C=O) groups is 1. The Morgan fingerprint density at radius 2 is 1.86 bits per heavy atom. The molecule has 1 saturated heterocycles. The maximum absolute atomic E-state index is 13.6. The number of hydrogen-bond acceptors (Lipinski definition) is 4. The van der Waals surface area contributed by atoms with Crippen LogP contribution >= 0.6 is 0 Å². The van der Waals surface area contributed by atoms with Gasteiger partial charge in [0, 0.05) is 24.5 Å². The van der Waals surface area contributed by atoms with Gasteiger partial charge in [0.2, 0.25) is 0 Å². The second kappa shape index (κ2) is 10.3. The number of likely N-dealkylation sites (tertiary alicyclic amines) is 1. The van der Waals surface area contributed by atoms with Gasteiger partial charge in [-0.15, -0.1) is 0 Å². The summed E-state index contributed by atoms with van der Waals surface area (Å²) in [5.41, 5.74) is 3.89. The maximum atomic E-state index is 13.6. The molecule has 1 aliphatic heterocycles. The Bertz CT molecular complexity index is 1170. The molecule has 1 aromatic heterocycles. The fourth-order valence-electron chi connectivity index (χ4n) is 5.73. The summed E-state index contributed by atoms with van der Waals surface area (Å²) in [6, 6.07) is 18.4. The Kier molecular flexibility index (Phi) is 7.02. The molecule has 0 unspecified atom stereocenters. The summed E-state index contributed by atoms with van der Waals surface area (Å²) in [6.45, 7) is 4.54. The largest absolute Gasteiger partial charge is 0.506 e. The number of piperidine rings is 1. The lowest BCUT2D eigenvalue weighted by Gasteiger charge is -2.38. The van der Waals surface area contributed by atoms with E-state index in [1.165, 1.54) is 22.4 Å². The first-order valence-corrected chi connectivity index (χ1v) is 13.0. The lowest BCUT2D eigenvalue weighted by molar-refractivity contribution is -0.857. The number of quaternary nitrogens is 1. The van der Waals surface area contributed by atoms with Crippen molar-refractivity contribution in [2.45, 2.75) is 31.7 Å². The zero-order valence-corrected chi connectivity index (χ0v) is 20.9. The molecule has 3 aromatic rings. The summed E-state index contributed by atoms with van der Waals surface area (Å²) in [4.78, 5) is 24.2. The highest BCUT2D eigenvalue weighted by Crippen LogP contribution is 2.29. The van der Waals surface area contributed by atoms with Crippen molar-refractivity contribution in [3.63, 3.8) is 0 Å². The zero-order chi connectivity index (χ0) is 24.4. The Hall–Kier alpha value is -2.96. The number of benzene rings is 2. The molecule has 2 aromatic carbocycles. The van der Waals surface area contributed by atoms with Gasteiger partial charge in [0.1, 0.15) is 17.0 Å². The first-order chi connectivity index (χ1) is 17.0. The van der Waals surface area contributed by atoms with E-state index in [2.05, 4.69) is 48.2 Å². The van der Waals surface area contributed by atoms with Crippen LogP contribution in [0.4, 0.5) is 0 Å². The normalized spacial score (nSPS) is 18.8. The highest BCUT2D eigenvalue weighted by molar-refractivity contribution is 5.96. The summed E-state index contributed by atoms with van der Waals surface area (Å²) in [7, 11) is 4.24. The molecular formula is C29H37N4O2+. The van der Waals surface area contributed by atoms with Crippen LogP contribution in [0.25, 0.3) is 10.9 Å². The lowest BCUT2D eigenvalue weighted by atomic mass is 9.95. The number of carbonyl (C=O) groups excluding carboxylic acids is 1. The SMILES string of the molecule is C[NH+](C)CCN(C[C@@H]1CCCN(C2Cc3ccccc3C2)C1)C(=O)c1ccc2cccc(O)c2n1. The van der Waals surface area contributed by atoms with Crippen LogP contribution < -0.4 is 4.90 Å². The molecule has 0 spiro atoms. The van der Waals surface area contributed by atoms with E-state index in [1.54, 1.807) is 18.2 Å². The molecule has 2 aliphatic rings. The van der Waals surface area contributed by atoms with Gasteiger partial charge < -0.3 is 14.9 Å². The van der Waals surface area contributed by atoms with Crippen LogP contribution in [0.2, 0.25) is 0 Å². The van der Waals surface area contributed by atoms with Gasteiger partial charge in [-0.3, -0.25) is 9.69 Å². The van der Waals surface area contributed by atoms with Crippen molar-refractivity contribution in [3.05, 3.63) is 71.4 Å². The van der Waals surface area contributed by atoms with E-state index >= 15 is 0 Å². The summed E-state index contributed by atoms with van der Waals surface area (Å²) < 4.78 is 0. The predicted octanol–water partition coefficient (Wildman–Crippen LogP) is 2.41. The molecule has 0 radical (unpaired) electrons. The smallest absolute Gasteiger partial charge is 0.272 e. The molecule has 184 valence electrons. The molecule has 2 N–H and O–H groups in total. The van der Waals surface area contributed by atoms with E-state index < -0.39 is 0 Å². The number of aromatic hydroxyl groups is 1. The monoisotopic (exact) mass is 473 g/mol. The minimum absolute atomic E-state index is 0.0400. The van der Waals surface area contributed by atoms with Crippen molar-refractivity contribution in [1.82, 2.24) is 14.8 Å². The van der Waals surface area contributed by atoms with Gasteiger partial charge in [-0.1, -0.05) is 42.5 Å². The van der Waals surface area contributed by atoms with Gasteiger partial charge in [-0.05, 0) is 61.4 Å². The van der Waals surface area contributed by atoms with Gasteiger partial charge >= 0.3 is 0 Å². The molecule has 5 rings (SSSR count). The summed E-state index contributed by atoms with van der Waals surface area (Å²) in [6.07, 6.45) is 4.61. The van der Waals surface area contributed by atoms with Crippen LogP contribution in [0.3, 0.4) is 0 Å². The van der Waals surface area contributed by atoms with E-state index in [0.717, 1.165) is 50.8 Å². The number of rotatable bonds is 7. The Labute approximate surface area is 208 Å². The second-order valence-corrected chi connectivity index (χ2v) is 10.6. The minimum atomic E-state index is -0.0400. The molecule has 0 saturated carbocycles. The molecule has 6 heteroatoms. The number of pyridine rings is 1. The number of nitrogens with zero attached hydrogens (tertiary/aromatic N) is 3. The Morgan fingerprint density at radius 1 is 1.09 bits per heavy atom.